The van der Waals surface area contributed by atoms with Crippen LogP contribution in [0, 0.1) is 0 Å². The molecule has 1 aliphatic heterocycles. The molecule has 0 amide bonds. The van der Waals surface area contributed by atoms with Crippen molar-refractivity contribution in [2.45, 2.75) is 17.3 Å². The highest BCUT2D eigenvalue weighted by atomic mass is 35.5. The average Bonchev–Trinajstić information content (AvgIpc) is 2.46. The van der Waals surface area contributed by atoms with E-state index in [9.17, 15) is 0 Å². The van der Waals surface area contributed by atoms with Crippen molar-refractivity contribution in [1.82, 2.24) is 4.98 Å². The van der Waals surface area contributed by atoms with Gasteiger partial charge in [0.1, 0.15) is 5.75 Å². The molecule has 0 fully saturated rings. The number of anilines is 1. The van der Waals surface area contributed by atoms with Gasteiger partial charge in [-0.15, -0.1) is 11.8 Å². The Morgan fingerprint density at radius 1 is 1.40 bits per heavy atom. The Morgan fingerprint density at radius 3 is 3.15 bits per heavy atom. The fourth-order valence-corrected chi connectivity index (χ4v) is 3.21. The van der Waals surface area contributed by atoms with Crippen molar-refractivity contribution in [3.63, 3.8) is 0 Å². The quantitative estimate of drug-likeness (QED) is 0.880. The third-order valence-corrected chi connectivity index (χ3v) is 4.30. The summed E-state index contributed by atoms with van der Waals surface area (Å²) in [6, 6.07) is 5.71. The third-order valence-electron chi connectivity index (χ3n) is 2.94. The van der Waals surface area contributed by atoms with Crippen LogP contribution in [-0.4, -0.2) is 11.8 Å². The van der Waals surface area contributed by atoms with E-state index in [0.717, 1.165) is 27.5 Å². The molecule has 0 atom stereocenters. The van der Waals surface area contributed by atoms with Crippen molar-refractivity contribution >= 4 is 29.1 Å². The fourth-order valence-electron chi connectivity index (χ4n) is 2.04. The highest BCUT2D eigenvalue weighted by Crippen LogP contribution is 2.36. The molecule has 4 nitrogen and oxygen atoms in total. The fraction of sp³-hybridized carbons (Fsp3) is 0.214. The SMILES string of the molecule is Nc1cnccc1SCc1cc(Cl)cc2c1OCOC2. The molecule has 0 aliphatic carbocycles. The number of hydrogen-bond acceptors (Lipinski definition) is 5. The van der Waals surface area contributed by atoms with Crippen LogP contribution in [0.1, 0.15) is 11.1 Å². The maximum Gasteiger partial charge on any atom is 0.189 e. The van der Waals surface area contributed by atoms with Crippen molar-refractivity contribution in [1.29, 1.82) is 0 Å². The zero-order valence-electron chi connectivity index (χ0n) is 10.6. The van der Waals surface area contributed by atoms with E-state index >= 15 is 0 Å². The molecule has 0 bridgehead atoms. The number of fused-ring (bicyclic) bond motifs is 1. The molecule has 0 radical (unpaired) electrons. The van der Waals surface area contributed by atoms with Crippen LogP contribution in [0.3, 0.4) is 0 Å². The monoisotopic (exact) mass is 308 g/mol. The van der Waals surface area contributed by atoms with Crippen LogP contribution in [0.15, 0.2) is 35.5 Å². The number of hydrogen-bond donors (Lipinski definition) is 1. The van der Waals surface area contributed by atoms with E-state index < -0.39 is 0 Å². The number of pyridine rings is 1. The number of benzene rings is 1. The van der Waals surface area contributed by atoms with Crippen molar-refractivity contribution < 1.29 is 9.47 Å². The van der Waals surface area contributed by atoms with Gasteiger partial charge in [-0.05, 0) is 18.2 Å². The van der Waals surface area contributed by atoms with Gasteiger partial charge in [0.05, 0.1) is 18.5 Å². The molecule has 0 spiro atoms. The number of nitrogen functional groups attached to an aromatic ring is 1. The number of ether oxygens (including phenoxy) is 2. The van der Waals surface area contributed by atoms with Gasteiger partial charge in [-0.2, -0.15) is 0 Å². The summed E-state index contributed by atoms with van der Waals surface area (Å²) in [6.07, 6.45) is 3.39. The Balaban J connectivity index is 1.84. The van der Waals surface area contributed by atoms with Crippen molar-refractivity contribution in [2.75, 3.05) is 12.5 Å². The van der Waals surface area contributed by atoms with Crippen molar-refractivity contribution in [2.24, 2.45) is 0 Å². The summed E-state index contributed by atoms with van der Waals surface area (Å²) in [5, 5.41) is 0.691. The first-order valence-electron chi connectivity index (χ1n) is 6.08. The van der Waals surface area contributed by atoms with Crippen LogP contribution in [0.5, 0.6) is 5.75 Å². The van der Waals surface area contributed by atoms with E-state index in [1.165, 1.54) is 0 Å². The molecular weight excluding hydrogens is 296 g/mol. The minimum absolute atomic E-state index is 0.281. The molecule has 2 aromatic rings. The molecule has 1 aromatic carbocycles. The van der Waals surface area contributed by atoms with Gasteiger partial charge in [0.2, 0.25) is 0 Å². The van der Waals surface area contributed by atoms with E-state index in [1.54, 1.807) is 24.2 Å². The minimum atomic E-state index is 0.281. The van der Waals surface area contributed by atoms with E-state index in [2.05, 4.69) is 4.98 Å². The molecule has 0 saturated heterocycles. The Labute approximate surface area is 126 Å². The molecule has 2 heterocycles. The summed E-state index contributed by atoms with van der Waals surface area (Å²) < 4.78 is 10.9. The van der Waals surface area contributed by atoms with Gasteiger partial charge in [-0.3, -0.25) is 4.98 Å². The van der Waals surface area contributed by atoms with Gasteiger partial charge >= 0.3 is 0 Å². The Morgan fingerprint density at radius 2 is 2.30 bits per heavy atom. The predicted molar refractivity (Wildman–Crippen MR) is 79.9 cm³/mol. The second kappa shape index (κ2) is 5.91. The number of aromatic nitrogens is 1. The first-order valence-corrected chi connectivity index (χ1v) is 7.44. The summed E-state index contributed by atoms with van der Waals surface area (Å²) >= 11 is 7.78. The Bertz CT molecular complexity index is 637. The van der Waals surface area contributed by atoms with Crippen molar-refractivity contribution in [3.05, 3.63) is 46.7 Å². The summed E-state index contributed by atoms with van der Waals surface area (Å²) in [5.41, 5.74) is 8.61. The second-order valence-corrected chi connectivity index (χ2v) is 5.82. The Kier molecular flexibility index (Phi) is 4.00. The minimum Gasteiger partial charge on any atom is -0.467 e. The lowest BCUT2D eigenvalue weighted by atomic mass is 10.1. The van der Waals surface area contributed by atoms with Gasteiger partial charge in [0.25, 0.3) is 0 Å². The normalized spacial score (nSPS) is 13.7. The van der Waals surface area contributed by atoms with Gasteiger partial charge < -0.3 is 15.2 Å². The first-order chi connectivity index (χ1) is 9.74. The number of nitrogens with zero attached hydrogens (tertiary/aromatic N) is 1. The molecular formula is C14H13ClN2O2S. The van der Waals surface area contributed by atoms with Crippen LogP contribution < -0.4 is 10.5 Å². The molecule has 104 valence electrons. The lowest BCUT2D eigenvalue weighted by Crippen LogP contribution is -2.12. The second-order valence-electron chi connectivity index (χ2n) is 4.37. The topological polar surface area (TPSA) is 57.4 Å². The number of thioether (sulfide) groups is 1. The average molecular weight is 309 g/mol. The molecule has 0 saturated carbocycles. The van der Waals surface area contributed by atoms with Crippen LogP contribution in [0.25, 0.3) is 0 Å². The lowest BCUT2D eigenvalue weighted by Gasteiger charge is -2.21. The highest BCUT2D eigenvalue weighted by molar-refractivity contribution is 7.98. The maximum absolute atomic E-state index is 6.14. The molecule has 20 heavy (non-hydrogen) atoms. The molecule has 0 unspecified atom stereocenters. The number of nitrogens with two attached hydrogens (primary N) is 1. The smallest absolute Gasteiger partial charge is 0.189 e. The summed E-state index contributed by atoms with van der Waals surface area (Å²) in [7, 11) is 0. The van der Waals surface area contributed by atoms with Crippen LogP contribution in [-0.2, 0) is 17.1 Å². The number of halogens is 1. The summed E-state index contributed by atoms with van der Waals surface area (Å²) in [5.74, 6) is 1.61. The molecule has 1 aromatic heterocycles. The molecule has 3 rings (SSSR count). The Hall–Kier alpha value is -1.43. The zero-order valence-corrected chi connectivity index (χ0v) is 12.2. The largest absolute Gasteiger partial charge is 0.467 e. The van der Waals surface area contributed by atoms with Crippen LogP contribution in [0.4, 0.5) is 5.69 Å². The molecule has 2 N–H and O–H groups in total. The van der Waals surface area contributed by atoms with Gasteiger partial charge in [-0.25, -0.2) is 0 Å². The zero-order chi connectivity index (χ0) is 13.9. The third kappa shape index (κ3) is 2.85. The number of rotatable bonds is 3. The van der Waals surface area contributed by atoms with E-state index in [4.69, 9.17) is 26.8 Å². The molecule has 6 heteroatoms. The standard InChI is InChI=1S/C14H13ClN2O2S/c15-11-3-9-6-18-8-19-14(9)10(4-11)7-20-13-1-2-17-5-12(13)16/h1-5H,6-8,16H2. The van der Waals surface area contributed by atoms with E-state index in [1.807, 2.05) is 18.2 Å². The van der Waals surface area contributed by atoms with Gasteiger partial charge in [0.15, 0.2) is 6.79 Å². The van der Waals surface area contributed by atoms with Crippen LogP contribution >= 0.6 is 23.4 Å². The first kappa shape index (κ1) is 13.5. The molecule has 1 aliphatic rings. The van der Waals surface area contributed by atoms with E-state index in [-0.39, 0.29) is 6.79 Å². The van der Waals surface area contributed by atoms with Gasteiger partial charge in [0, 0.05) is 33.0 Å². The van der Waals surface area contributed by atoms with Crippen molar-refractivity contribution in [3.8, 4) is 5.75 Å². The highest BCUT2D eigenvalue weighted by Gasteiger charge is 2.16. The van der Waals surface area contributed by atoms with Gasteiger partial charge in [-0.1, -0.05) is 11.6 Å². The van der Waals surface area contributed by atoms with E-state index in [0.29, 0.717) is 17.3 Å². The summed E-state index contributed by atoms with van der Waals surface area (Å²) in [4.78, 5) is 4.98. The predicted octanol–water partition coefficient (Wildman–Crippen LogP) is 3.48. The van der Waals surface area contributed by atoms with Crippen LogP contribution in [0.2, 0.25) is 5.02 Å². The summed E-state index contributed by atoms with van der Waals surface area (Å²) in [6.45, 7) is 0.814. The lowest BCUT2D eigenvalue weighted by molar-refractivity contribution is -0.0168. The maximum atomic E-state index is 6.14.